The molecule has 1 aliphatic carbocycles. The number of H-pyrrole nitrogens is 1. The van der Waals surface area contributed by atoms with Crippen LogP contribution in [0.15, 0.2) is 40.4 Å². The van der Waals surface area contributed by atoms with Crippen LogP contribution in [0.2, 0.25) is 0 Å². The van der Waals surface area contributed by atoms with Crippen LogP contribution in [0, 0.1) is 0 Å². The molecular weight excluding hydrogens is 330 g/mol. The molecule has 0 radical (unpaired) electrons. The van der Waals surface area contributed by atoms with E-state index in [2.05, 4.69) is 15.0 Å². The number of hydrogen-bond acceptors (Lipinski definition) is 5. The highest BCUT2D eigenvalue weighted by molar-refractivity contribution is 6.12. The Morgan fingerprint density at radius 3 is 2.96 bits per heavy atom. The first kappa shape index (κ1) is 16.5. The third kappa shape index (κ3) is 2.52. The molecule has 1 aliphatic rings. The summed E-state index contributed by atoms with van der Waals surface area (Å²) in [5.41, 5.74) is 8.82. The maximum absolute atomic E-state index is 12.6. The zero-order valence-electron chi connectivity index (χ0n) is 14.8. The van der Waals surface area contributed by atoms with E-state index < -0.39 is 0 Å². The van der Waals surface area contributed by atoms with Crippen LogP contribution in [0.1, 0.15) is 24.4 Å². The Labute approximate surface area is 150 Å². The number of hydrogen-bond donors (Lipinski definition) is 2. The third-order valence-corrected chi connectivity index (χ3v) is 5.10. The minimum atomic E-state index is -0.130. The van der Waals surface area contributed by atoms with Gasteiger partial charge in [-0.05, 0) is 24.5 Å². The van der Waals surface area contributed by atoms with Crippen LogP contribution in [-0.4, -0.2) is 41.0 Å². The lowest BCUT2D eigenvalue weighted by Crippen LogP contribution is -2.36. The highest BCUT2D eigenvalue weighted by Gasteiger charge is 2.33. The van der Waals surface area contributed by atoms with E-state index in [9.17, 15) is 4.79 Å². The van der Waals surface area contributed by atoms with Gasteiger partial charge in [0, 0.05) is 55.2 Å². The third-order valence-electron chi connectivity index (χ3n) is 5.10. The van der Waals surface area contributed by atoms with E-state index in [1.54, 1.807) is 26.6 Å². The maximum Gasteiger partial charge on any atom is 0.327 e. The lowest BCUT2D eigenvalue weighted by Gasteiger charge is -2.34. The Hall–Kier alpha value is -2.93. The van der Waals surface area contributed by atoms with Crippen LogP contribution in [0.25, 0.3) is 27.5 Å². The number of fused-ring (bicyclic) bond motifs is 3. The van der Waals surface area contributed by atoms with E-state index >= 15 is 0 Å². The van der Waals surface area contributed by atoms with Crippen molar-refractivity contribution < 1.29 is 4.74 Å². The van der Waals surface area contributed by atoms with Gasteiger partial charge in [-0.15, -0.1) is 0 Å². The Bertz CT molecular complexity index is 1090. The summed E-state index contributed by atoms with van der Waals surface area (Å²) in [5, 5.41) is 1.94. The molecule has 3 N–H and O–H groups in total. The first-order chi connectivity index (χ1) is 12.7. The van der Waals surface area contributed by atoms with Crippen LogP contribution >= 0.6 is 0 Å². The number of benzene rings is 1. The second-order valence-corrected chi connectivity index (χ2v) is 6.55. The molecule has 0 unspecified atom stereocenters. The smallest absolute Gasteiger partial charge is 0.327 e. The molecule has 0 amide bonds. The van der Waals surface area contributed by atoms with Gasteiger partial charge in [-0.25, -0.2) is 9.78 Å². The van der Waals surface area contributed by atoms with Crippen LogP contribution in [0.4, 0.5) is 0 Å². The van der Waals surface area contributed by atoms with Crippen molar-refractivity contribution in [3.05, 3.63) is 46.6 Å². The van der Waals surface area contributed by atoms with Crippen molar-refractivity contribution in [3.8, 4) is 0 Å². The predicted octanol–water partition coefficient (Wildman–Crippen LogP) is 2.23. The average molecular weight is 351 g/mol. The number of allylic oxidation sites excluding steroid dienone is 1. The number of aliphatic imine (C=N–C) groups is 1. The number of aromatic nitrogens is 3. The summed E-state index contributed by atoms with van der Waals surface area (Å²) in [5.74, 6) is 0. The van der Waals surface area contributed by atoms with Gasteiger partial charge in [0.15, 0.2) is 5.65 Å². The van der Waals surface area contributed by atoms with E-state index in [0.717, 1.165) is 40.3 Å². The second kappa shape index (κ2) is 6.42. The zero-order valence-corrected chi connectivity index (χ0v) is 14.8. The summed E-state index contributed by atoms with van der Waals surface area (Å²) >= 11 is 0. The van der Waals surface area contributed by atoms with Gasteiger partial charge in [-0.3, -0.25) is 14.5 Å². The molecule has 3 aromatic rings. The molecule has 134 valence electrons. The first-order valence-electron chi connectivity index (χ1n) is 8.56. The van der Waals surface area contributed by atoms with Gasteiger partial charge < -0.3 is 10.5 Å². The van der Waals surface area contributed by atoms with Crippen LogP contribution in [-0.2, 0) is 4.74 Å². The molecule has 26 heavy (non-hydrogen) atoms. The number of methoxy groups -OCH3 is 1. The predicted molar refractivity (Wildman–Crippen MR) is 104 cm³/mol. The fraction of sp³-hybridized carbons (Fsp3) is 0.316. The minimum Gasteiger partial charge on any atom is -0.404 e. The molecule has 7 heteroatoms. The minimum absolute atomic E-state index is 0.124. The zero-order chi connectivity index (χ0) is 18.3. The largest absolute Gasteiger partial charge is 0.404 e. The number of pyridine rings is 1. The molecule has 0 bridgehead atoms. The van der Waals surface area contributed by atoms with Gasteiger partial charge in [0.05, 0.1) is 11.6 Å². The normalized spacial score (nSPS) is 20.9. The van der Waals surface area contributed by atoms with Crippen molar-refractivity contribution in [2.75, 3.05) is 14.2 Å². The average Bonchev–Trinajstić information content (AvgIpc) is 2.95. The van der Waals surface area contributed by atoms with Gasteiger partial charge >= 0.3 is 5.69 Å². The number of nitrogens with zero attached hydrogens (tertiary/aromatic N) is 3. The number of nitrogens with one attached hydrogen (secondary N) is 1. The maximum atomic E-state index is 12.6. The van der Waals surface area contributed by atoms with E-state index in [4.69, 9.17) is 10.5 Å². The number of imidazole rings is 1. The summed E-state index contributed by atoms with van der Waals surface area (Å²) in [7, 11) is 3.41. The lowest BCUT2D eigenvalue weighted by molar-refractivity contribution is 0.00653. The molecule has 2 aromatic heterocycles. The number of rotatable bonds is 4. The van der Waals surface area contributed by atoms with E-state index in [1.165, 1.54) is 6.20 Å². The monoisotopic (exact) mass is 351 g/mol. The molecule has 0 spiro atoms. The Kier molecular flexibility index (Phi) is 4.08. The molecule has 1 saturated carbocycles. The Balaban J connectivity index is 1.94. The van der Waals surface area contributed by atoms with E-state index in [-0.39, 0.29) is 17.8 Å². The second-order valence-electron chi connectivity index (χ2n) is 6.55. The summed E-state index contributed by atoms with van der Waals surface area (Å²) < 4.78 is 7.19. The van der Waals surface area contributed by atoms with E-state index in [1.807, 2.05) is 22.8 Å². The van der Waals surface area contributed by atoms with Gasteiger partial charge in [-0.2, -0.15) is 0 Å². The first-order valence-corrected chi connectivity index (χ1v) is 8.56. The molecule has 0 aliphatic heterocycles. The highest BCUT2D eigenvalue weighted by Crippen LogP contribution is 2.36. The van der Waals surface area contributed by atoms with Crippen molar-refractivity contribution in [3.63, 3.8) is 0 Å². The molecule has 1 fully saturated rings. The van der Waals surface area contributed by atoms with E-state index in [0.29, 0.717) is 5.65 Å². The fourth-order valence-electron chi connectivity index (χ4n) is 3.62. The Morgan fingerprint density at radius 2 is 2.27 bits per heavy atom. The van der Waals surface area contributed by atoms with Crippen molar-refractivity contribution in [2.45, 2.75) is 25.0 Å². The standard InChI is InChI=1S/C19H21N5O2/c1-21-9-13(8-20)11-3-4-12-10-22-18-17(16(12)5-11)24(19(25)23-18)14-6-15(7-14)26-2/h3-5,8-10,14-15H,6-7,20H2,1-2H3,(H,22,23,25)/b13-8+,21-9?. The Morgan fingerprint density at radius 1 is 1.46 bits per heavy atom. The van der Waals surface area contributed by atoms with Gasteiger partial charge in [0.2, 0.25) is 0 Å². The van der Waals surface area contributed by atoms with Crippen molar-refractivity contribution in [2.24, 2.45) is 10.7 Å². The SMILES string of the molecule is CN=C/C(=C\N)c1ccc2cnc3[nH]c(=O)n(C4CC(OC)C4)c3c2c1. The van der Waals surface area contributed by atoms with Gasteiger partial charge in [0.25, 0.3) is 0 Å². The summed E-state index contributed by atoms with van der Waals surface area (Å²) in [4.78, 5) is 23.9. The molecular formula is C19H21N5O2. The van der Waals surface area contributed by atoms with Crippen molar-refractivity contribution in [1.29, 1.82) is 0 Å². The van der Waals surface area contributed by atoms with Gasteiger partial charge in [-0.1, -0.05) is 12.1 Å². The molecule has 1 aromatic carbocycles. The summed E-state index contributed by atoms with van der Waals surface area (Å²) in [6, 6.07) is 6.13. The molecule has 7 nitrogen and oxygen atoms in total. The van der Waals surface area contributed by atoms with Gasteiger partial charge in [0.1, 0.15) is 0 Å². The number of aromatic amines is 1. The summed E-state index contributed by atoms with van der Waals surface area (Å²) in [6.07, 6.45) is 6.90. The summed E-state index contributed by atoms with van der Waals surface area (Å²) in [6.45, 7) is 0. The fourth-order valence-corrected chi connectivity index (χ4v) is 3.62. The highest BCUT2D eigenvalue weighted by atomic mass is 16.5. The molecule has 0 saturated heterocycles. The van der Waals surface area contributed by atoms with Crippen LogP contribution < -0.4 is 11.4 Å². The number of ether oxygens (including phenoxy) is 1. The van der Waals surface area contributed by atoms with Crippen LogP contribution in [0.5, 0.6) is 0 Å². The van der Waals surface area contributed by atoms with Crippen molar-refractivity contribution >= 4 is 33.7 Å². The van der Waals surface area contributed by atoms with Crippen molar-refractivity contribution in [1.82, 2.24) is 14.5 Å². The lowest BCUT2D eigenvalue weighted by atomic mass is 9.89. The molecule has 0 atom stereocenters. The molecule has 2 heterocycles. The quantitative estimate of drug-likeness (QED) is 0.704. The van der Waals surface area contributed by atoms with Crippen LogP contribution in [0.3, 0.4) is 0 Å². The number of nitrogens with two attached hydrogens (primary N) is 1. The molecule has 4 rings (SSSR count). The topological polar surface area (TPSA) is 98.3 Å².